The summed E-state index contributed by atoms with van der Waals surface area (Å²) in [5, 5.41) is 7.59. The van der Waals surface area contributed by atoms with Gasteiger partial charge in [0.15, 0.2) is 9.84 Å². The zero-order valence-electron chi connectivity index (χ0n) is 15.7. The molecule has 9 heteroatoms. The number of H-pyrrole nitrogens is 1. The molecule has 0 bridgehead atoms. The van der Waals surface area contributed by atoms with Crippen molar-refractivity contribution in [1.82, 2.24) is 15.2 Å². The van der Waals surface area contributed by atoms with Crippen molar-refractivity contribution < 1.29 is 13.2 Å². The lowest BCUT2D eigenvalue weighted by Gasteiger charge is -2.28. The molecule has 7 nitrogen and oxygen atoms in total. The molecule has 2 heterocycles. The number of nitrogens with zero attached hydrogens (tertiary/aromatic N) is 3. The Labute approximate surface area is 163 Å². The smallest absolute Gasteiger partial charge is 0.237 e. The first-order chi connectivity index (χ1) is 12.7. The largest absolute Gasteiger partial charge is 0.308 e. The lowest BCUT2D eigenvalue weighted by atomic mass is 9.96. The first-order valence-electron chi connectivity index (χ1n) is 8.79. The van der Waals surface area contributed by atoms with E-state index in [-0.39, 0.29) is 34.6 Å². The molecule has 1 aromatic heterocycles. The number of hydrogen-bond acceptors (Lipinski definition) is 6. The highest BCUT2D eigenvalue weighted by atomic mass is 32.2. The van der Waals surface area contributed by atoms with Crippen LogP contribution in [0.5, 0.6) is 0 Å². The molecule has 27 heavy (non-hydrogen) atoms. The van der Waals surface area contributed by atoms with E-state index in [0.29, 0.717) is 11.6 Å². The highest BCUT2D eigenvalue weighted by Gasteiger charge is 2.35. The number of amides is 1. The van der Waals surface area contributed by atoms with Gasteiger partial charge in [-0.05, 0) is 18.6 Å². The Kier molecular flexibility index (Phi) is 5.62. The topological polar surface area (TPSA) is 96.0 Å². The number of carbonyl (C=O) groups excluding carboxylic acids is 1. The van der Waals surface area contributed by atoms with Crippen LogP contribution in [-0.4, -0.2) is 52.8 Å². The Hall–Kier alpha value is -1.87. The number of benzene rings is 1. The predicted octanol–water partition coefficient (Wildman–Crippen LogP) is 2.41. The molecule has 0 spiro atoms. The summed E-state index contributed by atoms with van der Waals surface area (Å²) in [5.41, 5.74) is 0.569. The van der Waals surface area contributed by atoms with Gasteiger partial charge < -0.3 is 4.90 Å². The molecule has 1 N–H and O–H groups in total. The fraction of sp³-hybridized carbons (Fsp3) is 0.500. The van der Waals surface area contributed by atoms with Crippen molar-refractivity contribution >= 4 is 33.2 Å². The van der Waals surface area contributed by atoms with E-state index < -0.39 is 9.84 Å². The maximum atomic E-state index is 13.0. The molecule has 1 aromatic carbocycles. The number of thioether (sulfide) groups is 1. The second kappa shape index (κ2) is 7.63. The minimum atomic E-state index is -3.09. The summed E-state index contributed by atoms with van der Waals surface area (Å²) in [5.74, 6) is 0.895. The SMILES string of the molecule is CC(C)(C)c1nc(SCC(=O)N(c2ccccc2)C2CCS(=O)(=O)C2)n[nH]1. The molecule has 1 aliphatic rings. The average molecular weight is 409 g/mol. The number of anilines is 1. The summed E-state index contributed by atoms with van der Waals surface area (Å²) in [6, 6.07) is 8.89. The maximum absolute atomic E-state index is 13.0. The molecule has 3 rings (SSSR count). The van der Waals surface area contributed by atoms with Gasteiger partial charge in [-0.15, -0.1) is 5.10 Å². The summed E-state index contributed by atoms with van der Waals surface area (Å²) in [6.45, 7) is 6.10. The fourth-order valence-corrected chi connectivity index (χ4v) is 5.33. The number of nitrogens with one attached hydrogen (secondary N) is 1. The van der Waals surface area contributed by atoms with Gasteiger partial charge in [-0.25, -0.2) is 13.4 Å². The average Bonchev–Trinajstić information content (AvgIpc) is 3.21. The minimum Gasteiger partial charge on any atom is -0.308 e. The summed E-state index contributed by atoms with van der Waals surface area (Å²) < 4.78 is 23.8. The van der Waals surface area contributed by atoms with Gasteiger partial charge in [0.25, 0.3) is 0 Å². The third kappa shape index (κ3) is 4.90. The van der Waals surface area contributed by atoms with Gasteiger partial charge >= 0.3 is 0 Å². The van der Waals surface area contributed by atoms with Gasteiger partial charge in [-0.2, -0.15) is 0 Å². The van der Waals surface area contributed by atoms with Crippen LogP contribution in [0.4, 0.5) is 5.69 Å². The number of carbonyl (C=O) groups is 1. The maximum Gasteiger partial charge on any atom is 0.237 e. The molecule has 0 saturated carbocycles. The van der Waals surface area contributed by atoms with Gasteiger partial charge in [0.1, 0.15) is 5.82 Å². The second-order valence-electron chi connectivity index (χ2n) is 7.66. The molecule has 0 aliphatic carbocycles. The van der Waals surface area contributed by atoms with Crippen LogP contribution >= 0.6 is 11.8 Å². The van der Waals surface area contributed by atoms with Crippen molar-refractivity contribution in [3.05, 3.63) is 36.2 Å². The molecule has 1 atom stereocenters. The van der Waals surface area contributed by atoms with Crippen LogP contribution in [0.15, 0.2) is 35.5 Å². The minimum absolute atomic E-state index is 0.00707. The number of hydrogen-bond donors (Lipinski definition) is 1. The van der Waals surface area contributed by atoms with Gasteiger partial charge in [0.05, 0.1) is 23.3 Å². The highest BCUT2D eigenvalue weighted by Crippen LogP contribution is 2.27. The van der Waals surface area contributed by atoms with Gasteiger partial charge in [0.2, 0.25) is 11.1 Å². The molecule has 1 unspecified atom stereocenters. The molecule has 0 radical (unpaired) electrons. The van der Waals surface area contributed by atoms with E-state index in [1.807, 2.05) is 51.1 Å². The third-order valence-electron chi connectivity index (χ3n) is 4.38. The zero-order chi connectivity index (χ0) is 19.7. The van der Waals surface area contributed by atoms with Gasteiger partial charge in [0, 0.05) is 11.1 Å². The molecular formula is C18H24N4O3S2. The molecule has 1 amide bonds. The summed E-state index contributed by atoms with van der Waals surface area (Å²) in [7, 11) is -3.09. The standard InChI is InChI=1S/C18H24N4O3S2/c1-18(2,3)16-19-17(21-20-16)26-11-15(23)22(13-7-5-4-6-8-13)14-9-10-27(24,25)12-14/h4-8,14H,9-12H2,1-3H3,(H,19,20,21). The van der Waals surface area contributed by atoms with Crippen molar-refractivity contribution in [3.8, 4) is 0 Å². The van der Waals surface area contributed by atoms with Crippen molar-refractivity contribution in [2.75, 3.05) is 22.2 Å². The molecular weight excluding hydrogens is 384 g/mol. The van der Waals surface area contributed by atoms with E-state index in [2.05, 4.69) is 15.2 Å². The Morgan fingerprint density at radius 3 is 2.56 bits per heavy atom. The highest BCUT2D eigenvalue weighted by molar-refractivity contribution is 7.99. The molecule has 1 saturated heterocycles. The lowest BCUT2D eigenvalue weighted by Crippen LogP contribution is -2.42. The number of aromatic amines is 1. The Bertz CT molecular complexity index is 904. The Morgan fingerprint density at radius 2 is 2.00 bits per heavy atom. The van der Waals surface area contributed by atoms with Crippen molar-refractivity contribution in [1.29, 1.82) is 0 Å². The fourth-order valence-electron chi connectivity index (χ4n) is 2.97. The van der Waals surface area contributed by atoms with Gasteiger partial charge in [-0.3, -0.25) is 9.89 Å². The second-order valence-corrected chi connectivity index (χ2v) is 10.8. The zero-order valence-corrected chi connectivity index (χ0v) is 17.3. The first kappa shape index (κ1) is 19.9. The van der Waals surface area contributed by atoms with Crippen molar-refractivity contribution in [2.24, 2.45) is 0 Å². The summed E-state index contributed by atoms with van der Waals surface area (Å²) in [4.78, 5) is 19.0. The summed E-state index contributed by atoms with van der Waals surface area (Å²) in [6.07, 6.45) is 0.461. The van der Waals surface area contributed by atoms with E-state index >= 15 is 0 Å². The molecule has 1 fully saturated rings. The number of para-hydroxylation sites is 1. The lowest BCUT2D eigenvalue weighted by molar-refractivity contribution is -0.116. The van der Waals surface area contributed by atoms with Crippen LogP contribution in [0.2, 0.25) is 0 Å². The third-order valence-corrected chi connectivity index (χ3v) is 6.96. The Morgan fingerprint density at radius 1 is 1.30 bits per heavy atom. The van der Waals surface area contributed by atoms with Crippen LogP contribution in [0, 0.1) is 0 Å². The van der Waals surface area contributed by atoms with E-state index in [0.717, 1.165) is 11.5 Å². The van der Waals surface area contributed by atoms with Crippen LogP contribution in [0.3, 0.4) is 0 Å². The van der Waals surface area contributed by atoms with Gasteiger partial charge in [-0.1, -0.05) is 50.7 Å². The summed E-state index contributed by atoms with van der Waals surface area (Å²) >= 11 is 1.25. The van der Waals surface area contributed by atoms with Crippen LogP contribution in [0.1, 0.15) is 33.0 Å². The van der Waals surface area contributed by atoms with E-state index in [9.17, 15) is 13.2 Å². The van der Waals surface area contributed by atoms with Crippen LogP contribution in [0.25, 0.3) is 0 Å². The van der Waals surface area contributed by atoms with Crippen molar-refractivity contribution in [3.63, 3.8) is 0 Å². The van der Waals surface area contributed by atoms with E-state index in [1.165, 1.54) is 11.8 Å². The molecule has 146 valence electrons. The van der Waals surface area contributed by atoms with E-state index in [4.69, 9.17) is 0 Å². The molecule has 2 aromatic rings. The molecule has 1 aliphatic heterocycles. The first-order valence-corrected chi connectivity index (χ1v) is 11.6. The Balaban J connectivity index is 1.74. The predicted molar refractivity (Wildman–Crippen MR) is 107 cm³/mol. The number of sulfone groups is 1. The van der Waals surface area contributed by atoms with Crippen LogP contribution in [-0.2, 0) is 20.0 Å². The van der Waals surface area contributed by atoms with Crippen LogP contribution < -0.4 is 4.90 Å². The number of aromatic nitrogens is 3. The quantitative estimate of drug-likeness (QED) is 0.763. The normalized spacial score (nSPS) is 19.1. The monoisotopic (exact) mass is 408 g/mol. The van der Waals surface area contributed by atoms with Crippen molar-refractivity contribution in [2.45, 2.75) is 43.8 Å². The number of rotatable bonds is 5. The van der Waals surface area contributed by atoms with E-state index in [1.54, 1.807) is 4.90 Å².